The number of ketones is 1. The van der Waals surface area contributed by atoms with Gasteiger partial charge in [-0.1, -0.05) is 0 Å². The van der Waals surface area contributed by atoms with Crippen molar-refractivity contribution in [3.8, 4) is 0 Å². The molecule has 1 atom stereocenters. The number of Topliss-reactive ketones (excluding diaryl/α,β-unsaturated/α-hetero) is 1. The average Bonchev–Trinajstić information content (AvgIpc) is 1.88. The summed E-state index contributed by atoms with van der Waals surface area (Å²) in [4.78, 5) is 20.9. The van der Waals surface area contributed by atoms with Crippen LogP contribution in [0.2, 0.25) is 0 Å². The van der Waals surface area contributed by atoms with E-state index in [1.807, 2.05) is 0 Å². The Kier molecular flexibility index (Phi) is 2.01. The van der Waals surface area contributed by atoms with Crippen molar-refractivity contribution in [2.24, 2.45) is 0 Å². The highest BCUT2D eigenvalue weighted by Crippen LogP contribution is 2.08. The van der Waals surface area contributed by atoms with E-state index in [4.69, 9.17) is 9.84 Å². The molecule has 0 spiro atoms. The summed E-state index contributed by atoms with van der Waals surface area (Å²) in [5.74, 6) is -1.08. The number of hydrogen-bond donors (Lipinski definition) is 1. The van der Waals surface area contributed by atoms with Gasteiger partial charge in [-0.2, -0.15) is 0 Å². The molecule has 0 amide bonds. The molecule has 0 aromatic carbocycles. The predicted molar refractivity (Wildman–Crippen MR) is 31.6 cm³/mol. The quantitative estimate of drug-likeness (QED) is 0.554. The van der Waals surface area contributed by atoms with Gasteiger partial charge in [-0.25, -0.2) is 4.79 Å². The summed E-state index contributed by atoms with van der Waals surface area (Å²) in [7, 11) is 0. The van der Waals surface area contributed by atoms with Crippen molar-refractivity contribution >= 4 is 11.8 Å². The van der Waals surface area contributed by atoms with Crippen LogP contribution in [0.15, 0.2) is 0 Å². The lowest BCUT2D eigenvalue weighted by Gasteiger charge is -2.17. The molecule has 1 fully saturated rings. The smallest absolute Gasteiger partial charge is 0.333 e. The third kappa shape index (κ3) is 1.54. The van der Waals surface area contributed by atoms with Crippen LogP contribution in [-0.4, -0.2) is 29.6 Å². The molecule has 0 aromatic rings. The van der Waals surface area contributed by atoms with Gasteiger partial charge in [-0.3, -0.25) is 4.79 Å². The molecule has 1 rings (SSSR count). The molecule has 10 heavy (non-hydrogen) atoms. The highest BCUT2D eigenvalue weighted by atomic mass is 16.5. The largest absolute Gasteiger partial charge is 0.479 e. The summed E-state index contributed by atoms with van der Waals surface area (Å²) in [6, 6.07) is 0. The zero-order valence-electron chi connectivity index (χ0n) is 5.37. The fourth-order valence-corrected chi connectivity index (χ4v) is 0.841. The second-order valence-electron chi connectivity index (χ2n) is 2.19. The maximum absolute atomic E-state index is 10.6. The van der Waals surface area contributed by atoms with E-state index in [0.717, 1.165) is 0 Å². The summed E-state index contributed by atoms with van der Waals surface area (Å²) in [5.41, 5.74) is 0. The molecule has 0 saturated carbocycles. The number of carboxylic acids is 1. The third-order valence-electron chi connectivity index (χ3n) is 1.39. The molecule has 0 unspecified atom stereocenters. The predicted octanol–water partition coefficient (Wildman–Crippen LogP) is -0.181. The molecule has 0 radical (unpaired) electrons. The summed E-state index contributed by atoms with van der Waals surface area (Å²) in [6.45, 7) is 0.246. The van der Waals surface area contributed by atoms with Gasteiger partial charge in [0.05, 0.1) is 6.61 Å². The Balaban J connectivity index is 2.47. The number of carbonyl (C=O) groups excluding carboxylic acids is 1. The van der Waals surface area contributed by atoms with Gasteiger partial charge in [-0.05, 0) is 0 Å². The van der Waals surface area contributed by atoms with Crippen LogP contribution in [0.3, 0.4) is 0 Å². The zero-order valence-corrected chi connectivity index (χ0v) is 5.37. The molecule has 4 nitrogen and oxygen atoms in total. The molecule has 1 aliphatic heterocycles. The van der Waals surface area contributed by atoms with Crippen molar-refractivity contribution in [3.05, 3.63) is 0 Å². The zero-order chi connectivity index (χ0) is 7.56. The molecule has 1 aliphatic rings. The first-order valence-corrected chi connectivity index (χ1v) is 3.06. The van der Waals surface area contributed by atoms with Gasteiger partial charge in [0.25, 0.3) is 0 Å². The number of ether oxygens (including phenoxy) is 1. The van der Waals surface area contributed by atoms with Gasteiger partial charge in [-0.15, -0.1) is 0 Å². The Morgan fingerprint density at radius 1 is 1.70 bits per heavy atom. The Morgan fingerprint density at radius 2 is 2.40 bits per heavy atom. The first kappa shape index (κ1) is 7.21. The highest BCUT2D eigenvalue weighted by Gasteiger charge is 2.25. The van der Waals surface area contributed by atoms with E-state index in [1.165, 1.54) is 0 Å². The lowest BCUT2D eigenvalue weighted by Crippen LogP contribution is -2.32. The van der Waals surface area contributed by atoms with E-state index < -0.39 is 12.1 Å². The maximum atomic E-state index is 10.6. The number of rotatable bonds is 1. The minimum atomic E-state index is -1.05. The molecular formula is C6H8O4. The minimum absolute atomic E-state index is 0.0231. The SMILES string of the molecule is O=C1CCO[C@@H](C(=O)O)C1. The molecule has 1 saturated heterocycles. The van der Waals surface area contributed by atoms with Crippen LogP contribution >= 0.6 is 0 Å². The van der Waals surface area contributed by atoms with Crippen LogP contribution in [0, 0.1) is 0 Å². The Bertz CT molecular complexity index is 161. The first-order valence-electron chi connectivity index (χ1n) is 3.06. The summed E-state index contributed by atoms with van der Waals surface area (Å²) >= 11 is 0. The van der Waals surface area contributed by atoms with Gasteiger partial charge < -0.3 is 9.84 Å². The lowest BCUT2D eigenvalue weighted by molar-refractivity contribution is -0.156. The van der Waals surface area contributed by atoms with Crippen molar-refractivity contribution < 1.29 is 19.4 Å². The fraction of sp³-hybridized carbons (Fsp3) is 0.667. The van der Waals surface area contributed by atoms with Crippen LogP contribution < -0.4 is 0 Å². The van der Waals surface area contributed by atoms with E-state index in [9.17, 15) is 9.59 Å². The van der Waals surface area contributed by atoms with E-state index in [-0.39, 0.29) is 18.8 Å². The molecule has 1 N–H and O–H groups in total. The second-order valence-corrected chi connectivity index (χ2v) is 2.19. The molecular weight excluding hydrogens is 136 g/mol. The minimum Gasteiger partial charge on any atom is -0.479 e. The van der Waals surface area contributed by atoms with Gasteiger partial charge in [0, 0.05) is 12.8 Å². The normalized spacial score (nSPS) is 26.4. The molecule has 1 heterocycles. The van der Waals surface area contributed by atoms with Crippen molar-refractivity contribution in [3.63, 3.8) is 0 Å². The molecule has 0 aliphatic carbocycles. The number of hydrogen-bond acceptors (Lipinski definition) is 3. The lowest BCUT2D eigenvalue weighted by atomic mass is 10.1. The molecule has 4 heteroatoms. The first-order chi connectivity index (χ1) is 4.70. The second kappa shape index (κ2) is 2.79. The van der Waals surface area contributed by atoms with Gasteiger partial charge in [0.2, 0.25) is 0 Å². The van der Waals surface area contributed by atoms with E-state index in [0.29, 0.717) is 6.42 Å². The standard InChI is InChI=1S/C6H8O4/c7-4-1-2-10-5(3-4)6(8)9/h5H,1-3H2,(H,8,9)/t5-/m1/s1. The van der Waals surface area contributed by atoms with Crippen LogP contribution in [0.25, 0.3) is 0 Å². The van der Waals surface area contributed by atoms with Crippen LogP contribution in [0.5, 0.6) is 0 Å². The molecule has 56 valence electrons. The summed E-state index contributed by atoms with van der Waals surface area (Å²) in [5, 5.41) is 8.38. The summed E-state index contributed by atoms with van der Waals surface area (Å²) < 4.78 is 4.79. The number of carboxylic acid groups (broad SMARTS) is 1. The van der Waals surface area contributed by atoms with Gasteiger partial charge in [0.1, 0.15) is 5.78 Å². The topological polar surface area (TPSA) is 63.6 Å². The highest BCUT2D eigenvalue weighted by molar-refractivity contribution is 5.86. The number of carbonyl (C=O) groups is 2. The Labute approximate surface area is 57.8 Å². The third-order valence-corrected chi connectivity index (χ3v) is 1.39. The van der Waals surface area contributed by atoms with Crippen LogP contribution in [0.4, 0.5) is 0 Å². The molecule has 0 aromatic heterocycles. The Hall–Kier alpha value is -0.900. The van der Waals surface area contributed by atoms with Crippen molar-refractivity contribution in [2.75, 3.05) is 6.61 Å². The molecule has 0 bridgehead atoms. The summed E-state index contributed by atoms with van der Waals surface area (Å²) in [6.07, 6.45) is -0.528. The van der Waals surface area contributed by atoms with Crippen molar-refractivity contribution in [1.82, 2.24) is 0 Å². The van der Waals surface area contributed by atoms with Crippen LogP contribution in [-0.2, 0) is 14.3 Å². The van der Waals surface area contributed by atoms with E-state index in [1.54, 1.807) is 0 Å². The van der Waals surface area contributed by atoms with E-state index >= 15 is 0 Å². The van der Waals surface area contributed by atoms with Gasteiger partial charge in [0.15, 0.2) is 6.10 Å². The fourth-order valence-electron chi connectivity index (χ4n) is 0.841. The maximum Gasteiger partial charge on any atom is 0.333 e. The number of aliphatic carboxylic acids is 1. The monoisotopic (exact) mass is 144 g/mol. The van der Waals surface area contributed by atoms with Crippen molar-refractivity contribution in [2.45, 2.75) is 18.9 Å². The van der Waals surface area contributed by atoms with E-state index in [2.05, 4.69) is 0 Å². The Morgan fingerprint density at radius 3 is 2.80 bits per heavy atom. The average molecular weight is 144 g/mol. The van der Waals surface area contributed by atoms with Crippen LogP contribution in [0.1, 0.15) is 12.8 Å². The van der Waals surface area contributed by atoms with Crippen molar-refractivity contribution in [1.29, 1.82) is 0 Å². The van der Waals surface area contributed by atoms with Gasteiger partial charge >= 0.3 is 5.97 Å².